The van der Waals surface area contributed by atoms with Gasteiger partial charge >= 0.3 is 0 Å². The summed E-state index contributed by atoms with van der Waals surface area (Å²) in [6.07, 6.45) is 0. The summed E-state index contributed by atoms with van der Waals surface area (Å²) in [6.45, 7) is 11.6. The first kappa shape index (κ1) is 14.2. The Balaban J connectivity index is 2.68. The van der Waals surface area contributed by atoms with Gasteiger partial charge in [0.15, 0.2) is 0 Å². The summed E-state index contributed by atoms with van der Waals surface area (Å²) in [6, 6.07) is 0.371. The lowest BCUT2D eigenvalue weighted by molar-refractivity contribution is 0.388. The van der Waals surface area contributed by atoms with Crippen molar-refractivity contribution >= 4 is 0 Å². The Morgan fingerprint density at radius 1 is 1.35 bits per heavy atom. The molecular weight excluding hydrogens is 212 g/mol. The lowest BCUT2D eigenvalue weighted by Crippen LogP contribution is -2.29. The van der Waals surface area contributed by atoms with Crippen molar-refractivity contribution in [1.82, 2.24) is 20.0 Å². The summed E-state index contributed by atoms with van der Waals surface area (Å²) in [4.78, 5) is 2.19. The first-order valence-corrected chi connectivity index (χ1v) is 6.39. The van der Waals surface area contributed by atoms with E-state index in [4.69, 9.17) is 0 Å². The predicted octanol–water partition coefficient (Wildman–Crippen LogP) is 1.73. The van der Waals surface area contributed by atoms with Crippen LogP contribution in [0.1, 0.15) is 36.8 Å². The zero-order chi connectivity index (χ0) is 13.0. The smallest absolute Gasteiger partial charge is 0.0644 e. The third-order valence-electron chi connectivity index (χ3n) is 3.18. The molecule has 98 valence electrons. The van der Waals surface area contributed by atoms with E-state index in [-0.39, 0.29) is 0 Å². The molecule has 0 saturated carbocycles. The van der Waals surface area contributed by atoms with Crippen molar-refractivity contribution in [2.75, 3.05) is 27.2 Å². The van der Waals surface area contributed by atoms with Crippen LogP contribution in [0.5, 0.6) is 0 Å². The Bertz CT molecular complexity index is 355. The van der Waals surface area contributed by atoms with E-state index in [0.29, 0.717) is 6.04 Å². The maximum atomic E-state index is 4.56. The van der Waals surface area contributed by atoms with Gasteiger partial charge in [0.25, 0.3) is 0 Å². The second-order valence-corrected chi connectivity index (χ2v) is 4.88. The van der Waals surface area contributed by atoms with Gasteiger partial charge in [-0.25, -0.2) is 0 Å². The fraction of sp³-hybridized carbons (Fsp3) is 0.769. The van der Waals surface area contributed by atoms with Gasteiger partial charge in [-0.15, -0.1) is 0 Å². The van der Waals surface area contributed by atoms with E-state index in [1.54, 1.807) is 0 Å². The van der Waals surface area contributed by atoms with E-state index in [1.165, 1.54) is 11.3 Å². The molecule has 4 nitrogen and oxygen atoms in total. The van der Waals surface area contributed by atoms with Gasteiger partial charge in [0.05, 0.1) is 5.69 Å². The number of nitrogens with zero attached hydrogens (tertiary/aromatic N) is 3. The van der Waals surface area contributed by atoms with E-state index >= 15 is 0 Å². The lowest BCUT2D eigenvalue weighted by atomic mass is 10.1. The van der Waals surface area contributed by atoms with Crippen LogP contribution in [0.2, 0.25) is 0 Å². The molecule has 0 amide bonds. The molecule has 0 spiro atoms. The standard InChI is InChI=1S/C13H26N4/c1-7-17-12(4)13(11(3)15-17)10(2)14-8-9-16(5)6/h10,14H,7-9H2,1-6H3. The van der Waals surface area contributed by atoms with Crippen LogP contribution in [-0.4, -0.2) is 41.9 Å². The molecule has 1 N–H and O–H groups in total. The van der Waals surface area contributed by atoms with Gasteiger partial charge < -0.3 is 10.2 Å². The monoisotopic (exact) mass is 238 g/mol. The van der Waals surface area contributed by atoms with Gasteiger partial charge in [-0.05, 0) is 41.8 Å². The van der Waals surface area contributed by atoms with Gasteiger partial charge in [0.2, 0.25) is 0 Å². The highest BCUT2D eigenvalue weighted by molar-refractivity contribution is 5.27. The minimum absolute atomic E-state index is 0.371. The van der Waals surface area contributed by atoms with Crippen LogP contribution in [0, 0.1) is 13.8 Å². The van der Waals surface area contributed by atoms with Gasteiger partial charge in [0.1, 0.15) is 0 Å². The molecule has 1 aromatic rings. The van der Waals surface area contributed by atoms with Crippen LogP contribution >= 0.6 is 0 Å². The molecular formula is C13H26N4. The average Bonchev–Trinajstić information content (AvgIpc) is 2.53. The topological polar surface area (TPSA) is 33.1 Å². The quantitative estimate of drug-likeness (QED) is 0.819. The van der Waals surface area contributed by atoms with Gasteiger partial charge in [-0.2, -0.15) is 5.10 Å². The van der Waals surface area contributed by atoms with Crippen LogP contribution in [0.25, 0.3) is 0 Å². The Hall–Kier alpha value is -0.870. The van der Waals surface area contributed by atoms with Crippen LogP contribution in [-0.2, 0) is 6.54 Å². The molecule has 1 unspecified atom stereocenters. The van der Waals surface area contributed by atoms with Crippen LogP contribution in [0.3, 0.4) is 0 Å². The molecule has 17 heavy (non-hydrogen) atoms. The molecule has 0 radical (unpaired) electrons. The highest BCUT2D eigenvalue weighted by atomic mass is 15.3. The van der Waals surface area contributed by atoms with Crippen molar-refractivity contribution in [3.63, 3.8) is 0 Å². The SMILES string of the molecule is CCn1nc(C)c(C(C)NCCN(C)C)c1C. The zero-order valence-electron chi connectivity index (χ0n) is 12.0. The Morgan fingerprint density at radius 2 is 2.00 bits per heavy atom. The molecule has 0 aliphatic rings. The number of aryl methyl sites for hydroxylation is 2. The Kier molecular flexibility index (Phi) is 5.15. The second kappa shape index (κ2) is 6.17. The Labute approximate surface area is 105 Å². The predicted molar refractivity (Wildman–Crippen MR) is 72.3 cm³/mol. The fourth-order valence-corrected chi connectivity index (χ4v) is 2.25. The molecule has 1 atom stereocenters. The molecule has 4 heteroatoms. The molecule has 0 fully saturated rings. The number of likely N-dealkylation sites (N-methyl/N-ethyl adjacent to an activating group) is 1. The van der Waals surface area contributed by atoms with Gasteiger partial charge in [-0.3, -0.25) is 4.68 Å². The van der Waals surface area contributed by atoms with Crippen molar-refractivity contribution in [2.24, 2.45) is 0 Å². The van der Waals surface area contributed by atoms with Crippen LogP contribution in [0.15, 0.2) is 0 Å². The van der Waals surface area contributed by atoms with Crippen molar-refractivity contribution in [2.45, 2.75) is 40.3 Å². The number of aromatic nitrogens is 2. The Morgan fingerprint density at radius 3 is 2.47 bits per heavy atom. The third kappa shape index (κ3) is 3.54. The minimum Gasteiger partial charge on any atom is -0.309 e. The number of hydrogen-bond donors (Lipinski definition) is 1. The molecule has 0 saturated heterocycles. The van der Waals surface area contributed by atoms with Crippen molar-refractivity contribution in [3.8, 4) is 0 Å². The van der Waals surface area contributed by atoms with Crippen molar-refractivity contribution < 1.29 is 0 Å². The average molecular weight is 238 g/mol. The summed E-state index contributed by atoms with van der Waals surface area (Å²) in [7, 11) is 4.19. The number of nitrogens with one attached hydrogen (secondary N) is 1. The summed E-state index contributed by atoms with van der Waals surface area (Å²) in [5.74, 6) is 0. The summed E-state index contributed by atoms with van der Waals surface area (Å²) < 4.78 is 2.08. The van der Waals surface area contributed by atoms with Crippen LogP contribution in [0.4, 0.5) is 0 Å². The van der Waals surface area contributed by atoms with E-state index < -0.39 is 0 Å². The highest BCUT2D eigenvalue weighted by Crippen LogP contribution is 2.20. The molecule has 1 aromatic heterocycles. The van der Waals surface area contributed by atoms with Crippen LogP contribution < -0.4 is 5.32 Å². The molecule has 1 heterocycles. The lowest BCUT2D eigenvalue weighted by Gasteiger charge is -2.17. The summed E-state index contributed by atoms with van der Waals surface area (Å²) in [5, 5.41) is 8.11. The first-order chi connectivity index (χ1) is 7.97. The molecule has 0 bridgehead atoms. The molecule has 0 aliphatic heterocycles. The summed E-state index contributed by atoms with van der Waals surface area (Å²) in [5.41, 5.74) is 3.79. The van der Waals surface area contributed by atoms with Crippen molar-refractivity contribution in [3.05, 3.63) is 17.0 Å². The summed E-state index contributed by atoms with van der Waals surface area (Å²) >= 11 is 0. The molecule has 1 rings (SSSR count). The molecule has 0 aromatic carbocycles. The second-order valence-electron chi connectivity index (χ2n) is 4.88. The largest absolute Gasteiger partial charge is 0.309 e. The minimum atomic E-state index is 0.371. The van der Waals surface area contributed by atoms with E-state index in [2.05, 4.69) is 61.8 Å². The number of hydrogen-bond acceptors (Lipinski definition) is 3. The first-order valence-electron chi connectivity index (χ1n) is 6.39. The third-order valence-corrected chi connectivity index (χ3v) is 3.18. The van der Waals surface area contributed by atoms with E-state index in [1.807, 2.05) is 0 Å². The fourth-order valence-electron chi connectivity index (χ4n) is 2.25. The van der Waals surface area contributed by atoms with E-state index in [0.717, 1.165) is 25.3 Å². The van der Waals surface area contributed by atoms with Gasteiger partial charge in [0, 0.05) is 36.9 Å². The zero-order valence-corrected chi connectivity index (χ0v) is 12.0. The normalized spacial score (nSPS) is 13.4. The molecule has 0 aliphatic carbocycles. The van der Waals surface area contributed by atoms with Gasteiger partial charge in [-0.1, -0.05) is 0 Å². The number of rotatable bonds is 6. The van der Waals surface area contributed by atoms with E-state index in [9.17, 15) is 0 Å². The van der Waals surface area contributed by atoms with Crippen molar-refractivity contribution in [1.29, 1.82) is 0 Å². The maximum absolute atomic E-state index is 4.56. The highest BCUT2D eigenvalue weighted by Gasteiger charge is 2.16. The maximum Gasteiger partial charge on any atom is 0.0644 e.